The Labute approximate surface area is 158 Å². The molecule has 0 atom stereocenters. The van der Waals surface area contributed by atoms with Gasteiger partial charge in [0, 0.05) is 25.2 Å². The molecule has 0 amide bonds. The van der Waals surface area contributed by atoms with Gasteiger partial charge in [-0.2, -0.15) is 4.98 Å². The van der Waals surface area contributed by atoms with Gasteiger partial charge in [0.1, 0.15) is 17.0 Å². The van der Waals surface area contributed by atoms with Crippen LogP contribution in [-0.4, -0.2) is 53.2 Å². The molecule has 2 N–H and O–H groups in total. The highest BCUT2D eigenvalue weighted by Crippen LogP contribution is 2.38. The normalized spacial score (nSPS) is 19.1. The molecule has 0 radical (unpaired) electrons. The van der Waals surface area contributed by atoms with Crippen LogP contribution in [0.25, 0.3) is 22.4 Å². The second-order valence-corrected chi connectivity index (χ2v) is 7.62. The summed E-state index contributed by atoms with van der Waals surface area (Å²) in [6.07, 6.45) is 5.36. The summed E-state index contributed by atoms with van der Waals surface area (Å²) >= 11 is 0. The Morgan fingerprint density at radius 1 is 1.07 bits per heavy atom. The van der Waals surface area contributed by atoms with Crippen molar-refractivity contribution < 1.29 is 4.74 Å². The van der Waals surface area contributed by atoms with Crippen LogP contribution in [-0.2, 0) is 0 Å². The number of aromatic nitrogens is 4. The number of imidazole rings is 1. The van der Waals surface area contributed by atoms with Crippen molar-refractivity contribution in [1.29, 1.82) is 0 Å². The Morgan fingerprint density at radius 3 is 2.59 bits per heavy atom. The molecule has 0 bridgehead atoms. The highest BCUT2D eigenvalue weighted by atomic mass is 16.5. The number of fused-ring (bicyclic) bond motifs is 1. The first-order valence-electron chi connectivity index (χ1n) is 9.58. The second kappa shape index (κ2) is 6.49. The highest BCUT2D eigenvalue weighted by Gasteiger charge is 2.37. The topological polar surface area (TPSA) is 79.0 Å². The summed E-state index contributed by atoms with van der Waals surface area (Å²) in [5.74, 6) is 1.61. The predicted molar refractivity (Wildman–Crippen MR) is 105 cm³/mol. The van der Waals surface area contributed by atoms with Gasteiger partial charge in [0.05, 0.1) is 13.4 Å². The fraction of sp³-hybridized carbons (Fsp3) is 0.450. The molecule has 4 heterocycles. The molecule has 2 aromatic heterocycles. The first-order chi connectivity index (χ1) is 13.3. The molecular formula is C20H24N6O. The van der Waals surface area contributed by atoms with Crippen molar-refractivity contribution in [3.63, 3.8) is 0 Å². The first kappa shape index (κ1) is 16.5. The van der Waals surface area contributed by atoms with E-state index in [9.17, 15) is 0 Å². The summed E-state index contributed by atoms with van der Waals surface area (Å²) in [7, 11) is 1.67. The van der Waals surface area contributed by atoms with Crippen molar-refractivity contribution in [2.45, 2.75) is 19.3 Å². The van der Waals surface area contributed by atoms with E-state index >= 15 is 0 Å². The van der Waals surface area contributed by atoms with Gasteiger partial charge in [-0.25, -0.2) is 9.97 Å². The zero-order valence-corrected chi connectivity index (χ0v) is 15.5. The van der Waals surface area contributed by atoms with Crippen molar-refractivity contribution in [3.05, 3.63) is 30.6 Å². The van der Waals surface area contributed by atoms with Gasteiger partial charge in [-0.15, -0.1) is 0 Å². The van der Waals surface area contributed by atoms with Gasteiger partial charge in [0.2, 0.25) is 5.95 Å². The van der Waals surface area contributed by atoms with Crippen LogP contribution >= 0.6 is 0 Å². The number of methoxy groups -OCH3 is 1. The second-order valence-electron chi connectivity index (χ2n) is 7.62. The smallest absolute Gasteiger partial charge is 0.228 e. The minimum absolute atomic E-state index is 0.478. The molecule has 5 rings (SSSR count). The number of hydrogen-bond acceptors (Lipinski definition) is 6. The molecule has 1 aromatic carbocycles. The maximum atomic E-state index is 5.28. The number of H-pyrrole nitrogens is 1. The number of anilines is 1. The molecule has 7 nitrogen and oxygen atoms in total. The number of rotatable bonds is 3. The number of nitrogens with zero attached hydrogens (tertiary/aromatic N) is 4. The van der Waals surface area contributed by atoms with Crippen molar-refractivity contribution in [2.75, 3.05) is 38.2 Å². The Hall–Kier alpha value is -2.67. The molecule has 0 saturated carbocycles. The van der Waals surface area contributed by atoms with E-state index in [-0.39, 0.29) is 0 Å². The Balaban J connectivity index is 1.48. The zero-order chi connectivity index (χ0) is 18.3. The van der Waals surface area contributed by atoms with E-state index in [1.807, 2.05) is 24.3 Å². The van der Waals surface area contributed by atoms with Crippen LogP contribution in [0.3, 0.4) is 0 Å². The third kappa shape index (κ3) is 2.92. The van der Waals surface area contributed by atoms with E-state index in [0.717, 1.165) is 54.7 Å². The van der Waals surface area contributed by atoms with E-state index in [2.05, 4.69) is 20.2 Å². The average molecular weight is 364 g/mol. The summed E-state index contributed by atoms with van der Waals surface area (Å²) in [5.41, 5.74) is 3.98. The lowest BCUT2D eigenvalue weighted by Gasteiger charge is -2.38. The summed E-state index contributed by atoms with van der Waals surface area (Å²) < 4.78 is 5.28. The number of ether oxygens (including phenoxy) is 1. The largest absolute Gasteiger partial charge is 0.497 e. The molecule has 2 saturated heterocycles. The van der Waals surface area contributed by atoms with Crippen molar-refractivity contribution in [1.82, 2.24) is 25.3 Å². The van der Waals surface area contributed by atoms with Crippen LogP contribution in [0.1, 0.15) is 19.3 Å². The third-order valence-corrected chi connectivity index (χ3v) is 6.08. The number of benzene rings is 1. The molecule has 27 heavy (non-hydrogen) atoms. The van der Waals surface area contributed by atoms with Crippen LogP contribution in [0.4, 0.5) is 5.95 Å². The van der Waals surface area contributed by atoms with E-state index in [4.69, 9.17) is 14.7 Å². The maximum absolute atomic E-state index is 5.28. The van der Waals surface area contributed by atoms with Crippen LogP contribution in [0, 0.1) is 5.41 Å². The van der Waals surface area contributed by atoms with Crippen molar-refractivity contribution >= 4 is 17.1 Å². The minimum Gasteiger partial charge on any atom is -0.497 e. The molecular weight excluding hydrogens is 340 g/mol. The van der Waals surface area contributed by atoms with Gasteiger partial charge in [-0.05, 0) is 55.5 Å². The fourth-order valence-electron chi connectivity index (χ4n) is 4.32. The van der Waals surface area contributed by atoms with Crippen LogP contribution in [0.5, 0.6) is 5.75 Å². The summed E-state index contributed by atoms with van der Waals surface area (Å²) in [6.45, 7) is 4.30. The van der Waals surface area contributed by atoms with Crippen LogP contribution < -0.4 is 15.0 Å². The van der Waals surface area contributed by atoms with Crippen molar-refractivity contribution in [3.8, 4) is 17.0 Å². The lowest BCUT2D eigenvalue weighted by atomic mass is 9.78. The fourth-order valence-corrected chi connectivity index (χ4v) is 4.32. The summed E-state index contributed by atoms with van der Waals surface area (Å²) in [6, 6.07) is 7.97. The van der Waals surface area contributed by atoms with Gasteiger partial charge in [0.15, 0.2) is 5.65 Å². The highest BCUT2D eigenvalue weighted by molar-refractivity contribution is 5.88. The molecule has 0 aliphatic carbocycles. The van der Waals surface area contributed by atoms with Gasteiger partial charge in [-0.1, -0.05) is 0 Å². The third-order valence-electron chi connectivity index (χ3n) is 6.08. The Kier molecular flexibility index (Phi) is 3.97. The lowest BCUT2D eigenvalue weighted by molar-refractivity contribution is 0.246. The molecule has 2 fully saturated rings. The molecule has 7 heteroatoms. The van der Waals surface area contributed by atoms with Crippen LogP contribution in [0.2, 0.25) is 0 Å². The molecule has 0 unspecified atom stereocenters. The Morgan fingerprint density at radius 2 is 1.89 bits per heavy atom. The first-order valence-corrected chi connectivity index (χ1v) is 9.58. The van der Waals surface area contributed by atoms with Gasteiger partial charge in [0.25, 0.3) is 0 Å². The number of aromatic amines is 1. The van der Waals surface area contributed by atoms with Crippen LogP contribution in [0.15, 0.2) is 30.6 Å². The number of hydrogen-bond donors (Lipinski definition) is 2. The Bertz CT molecular complexity index is 935. The SMILES string of the molecule is COc1ccc(-c2nc(N3CCC4(CCNC4)CC3)nc3nc[nH]c23)cc1. The standard InChI is InChI=1S/C20H24N6O/c1-27-15-4-2-14(3-5-15)16-17-18(23-13-22-17)25-19(24-16)26-10-7-20(8-11-26)6-9-21-12-20/h2-5,13,21H,6-12H2,1H3,(H,22,23,24,25). The van der Waals surface area contributed by atoms with Gasteiger partial charge < -0.3 is 19.9 Å². The zero-order valence-electron chi connectivity index (χ0n) is 15.5. The summed E-state index contributed by atoms with van der Waals surface area (Å²) in [5, 5.41) is 3.52. The van der Waals surface area contributed by atoms with E-state index in [1.54, 1.807) is 13.4 Å². The minimum atomic E-state index is 0.478. The molecule has 3 aromatic rings. The van der Waals surface area contributed by atoms with E-state index in [1.165, 1.54) is 19.3 Å². The molecule has 2 aliphatic rings. The predicted octanol–water partition coefficient (Wildman–Crippen LogP) is 2.61. The van der Waals surface area contributed by atoms with Gasteiger partial charge in [-0.3, -0.25) is 0 Å². The maximum Gasteiger partial charge on any atom is 0.228 e. The quantitative estimate of drug-likeness (QED) is 0.744. The van der Waals surface area contributed by atoms with E-state index < -0.39 is 0 Å². The number of piperidine rings is 1. The summed E-state index contributed by atoms with van der Waals surface area (Å²) in [4.78, 5) is 19.5. The van der Waals surface area contributed by atoms with Gasteiger partial charge >= 0.3 is 0 Å². The molecule has 140 valence electrons. The number of nitrogens with one attached hydrogen (secondary N) is 2. The molecule has 1 spiro atoms. The van der Waals surface area contributed by atoms with Crippen molar-refractivity contribution in [2.24, 2.45) is 5.41 Å². The molecule has 2 aliphatic heterocycles. The average Bonchev–Trinajstić information content (AvgIpc) is 3.38. The van der Waals surface area contributed by atoms with E-state index in [0.29, 0.717) is 11.1 Å². The monoisotopic (exact) mass is 364 g/mol. The lowest BCUT2D eigenvalue weighted by Crippen LogP contribution is -2.42.